The molecule has 0 aromatic heterocycles. The molecule has 0 saturated carbocycles. The van der Waals surface area contributed by atoms with E-state index in [4.69, 9.17) is 11.6 Å². The zero-order valence-electron chi connectivity index (χ0n) is 17.8. The Hall–Kier alpha value is -3.26. The minimum Gasteiger partial charge on any atom is -0.0894 e. The number of hydrogen-bond donors (Lipinski definition) is 0. The Labute approximate surface area is 202 Å². The number of rotatable bonds is 1. The fourth-order valence-corrected chi connectivity index (χ4v) is 7.25. The first-order valence-corrected chi connectivity index (χ1v) is 12.3. The highest BCUT2D eigenvalue weighted by Gasteiger charge is 2.51. The molecule has 2 heteroatoms. The second kappa shape index (κ2) is 7.12. The van der Waals surface area contributed by atoms with Gasteiger partial charge in [0.25, 0.3) is 0 Å². The fraction of sp³-hybridized carbons (Fsp3) is 0.0323. The van der Waals surface area contributed by atoms with Gasteiger partial charge >= 0.3 is 0 Å². The maximum absolute atomic E-state index is 6.80. The highest BCUT2D eigenvalue weighted by Crippen LogP contribution is 2.63. The van der Waals surface area contributed by atoms with Crippen molar-refractivity contribution in [1.29, 1.82) is 0 Å². The summed E-state index contributed by atoms with van der Waals surface area (Å²) in [5, 5.41) is 0.781. The summed E-state index contributed by atoms with van der Waals surface area (Å²) >= 11 is 8.67. The van der Waals surface area contributed by atoms with E-state index in [1.165, 1.54) is 48.7 Å². The Morgan fingerprint density at radius 1 is 0.455 bits per heavy atom. The summed E-state index contributed by atoms with van der Waals surface area (Å²) in [5.74, 6) is 0. The summed E-state index contributed by atoms with van der Waals surface area (Å²) in [6.45, 7) is 0. The third-order valence-corrected chi connectivity index (χ3v) is 8.51. The van der Waals surface area contributed by atoms with Gasteiger partial charge in [-0.3, -0.25) is 0 Å². The van der Waals surface area contributed by atoms with Crippen molar-refractivity contribution in [2.75, 3.05) is 0 Å². The average Bonchev–Trinajstić information content (AvgIpc) is 3.16. The summed E-state index contributed by atoms with van der Waals surface area (Å²) in [4.78, 5) is 2.63. The SMILES string of the molecule is Clc1ccccc1-c1cccc2c1C1(c3ccccc3Sc3ccccc31)c1ccccc1-2. The summed E-state index contributed by atoms with van der Waals surface area (Å²) < 4.78 is 0. The van der Waals surface area contributed by atoms with Crippen LogP contribution in [0.5, 0.6) is 0 Å². The van der Waals surface area contributed by atoms with Crippen LogP contribution < -0.4 is 0 Å². The normalized spacial score (nSPS) is 14.3. The van der Waals surface area contributed by atoms with E-state index >= 15 is 0 Å². The molecule has 1 heterocycles. The van der Waals surface area contributed by atoms with Crippen molar-refractivity contribution in [1.82, 2.24) is 0 Å². The molecule has 0 bridgehead atoms. The highest BCUT2D eigenvalue weighted by molar-refractivity contribution is 7.99. The van der Waals surface area contributed by atoms with Crippen molar-refractivity contribution >= 4 is 23.4 Å². The highest BCUT2D eigenvalue weighted by atomic mass is 35.5. The van der Waals surface area contributed by atoms with Crippen molar-refractivity contribution in [3.63, 3.8) is 0 Å². The van der Waals surface area contributed by atoms with Crippen LogP contribution in [0, 0.1) is 0 Å². The number of hydrogen-bond acceptors (Lipinski definition) is 1. The lowest BCUT2D eigenvalue weighted by atomic mass is 9.66. The maximum Gasteiger partial charge on any atom is 0.0741 e. The molecule has 0 fully saturated rings. The first-order chi connectivity index (χ1) is 16.3. The molecule has 0 N–H and O–H groups in total. The third-order valence-electron chi connectivity index (χ3n) is 7.03. The van der Waals surface area contributed by atoms with E-state index in [0.717, 1.165) is 10.6 Å². The van der Waals surface area contributed by atoms with E-state index in [9.17, 15) is 0 Å². The number of halogens is 1. The topological polar surface area (TPSA) is 0 Å². The van der Waals surface area contributed by atoms with Gasteiger partial charge in [0.15, 0.2) is 0 Å². The van der Waals surface area contributed by atoms with Gasteiger partial charge in [0.2, 0.25) is 0 Å². The van der Waals surface area contributed by atoms with Crippen LogP contribution in [0.4, 0.5) is 0 Å². The molecule has 1 aliphatic carbocycles. The van der Waals surface area contributed by atoms with E-state index in [-0.39, 0.29) is 5.41 Å². The van der Waals surface area contributed by atoms with Gasteiger partial charge in [-0.05, 0) is 57.1 Å². The van der Waals surface area contributed by atoms with Crippen LogP contribution in [0.15, 0.2) is 125 Å². The first-order valence-electron chi connectivity index (χ1n) is 11.2. The quantitative estimate of drug-likeness (QED) is 0.237. The second-order valence-corrected chi connectivity index (χ2v) is 10.1. The molecule has 0 nitrogen and oxygen atoms in total. The van der Waals surface area contributed by atoms with Crippen LogP contribution in [-0.4, -0.2) is 0 Å². The molecular formula is C31H19ClS. The predicted molar refractivity (Wildman–Crippen MR) is 138 cm³/mol. The van der Waals surface area contributed by atoms with E-state index < -0.39 is 0 Å². The second-order valence-electron chi connectivity index (χ2n) is 8.60. The van der Waals surface area contributed by atoms with Gasteiger partial charge < -0.3 is 0 Å². The van der Waals surface area contributed by atoms with Gasteiger partial charge in [0.05, 0.1) is 5.41 Å². The van der Waals surface area contributed by atoms with Crippen molar-refractivity contribution in [3.8, 4) is 22.3 Å². The minimum atomic E-state index is -0.389. The average molecular weight is 459 g/mol. The molecule has 5 aromatic carbocycles. The molecule has 1 aliphatic heterocycles. The van der Waals surface area contributed by atoms with Crippen molar-refractivity contribution in [2.45, 2.75) is 15.2 Å². The number of fused-ring (bicyclic) bond motifs is 9. The summed E-state index contributed by atoms with van der Waals surface area (Å²) in [6, 6.07) is 41.6. The molecule has 5 aromatic rings. The van der Waals surface area contributed by atoms with E-state index in [0.29, 0.717) is 0 Å². The lowest BCUT2D eigenvalue weighted by Gasteiger charge is -2.40. The molecule has 2 aliphatic rings. The zero-order chi connectivity index (χ0) is 22.0. The van der Waals surface area contributed by atoms with Crippen LogP contribution >= 0.6 is 23.4 Å². The van der Waals surface area contributed by atoms with Gasteiger partial charge in [-0.25, -0.2) is 0 Å². The van der Waals surface area contributed by atoms with Crippen LogP contribution in [0.1, 0.15) is 22.3 Å². The fourth-order valence-electron chi connectivity index (χ4n) is 5.82. The molecule has 0 radical (unpaired) electrons. The van der Waals surface area contributed by atoms with Crippen LogP contribution in [-0.2, 0) is 5.41 Å². The lowest BCUT2D eigenvalue weighted by Crippen LogP contribution is -2.32. The van der Waals surface area contributed by atoms with E-state index in [1.807, 2.05) is 23.9 Å². The maximum atomic E-state index is 6.80. The first kappa shape index (κ1) is 19.2. The van der Waals surface area contributed by atoms with E-state index in [1.54, 1.807) is 0 Å². The standard InChI is InChI=1S/C31H19ClS/c32-27-17-6-2-11-21(27)23-13-9-12-22-20-10-1-3-14-24(20)31(30(22)23)25-15-4-7-18-28(25)33-29-19-8-5-16-26(29)31/h1-19H. The smallest absolute Gasteiger partial charge is 0.0741 e. The zero-order valence-corrected chi connectivity index (χ0v) is 19.3. The van der Waals surface area contributed by atoms with Gasteiger partial charge in [0.1, 0.15) is 0 Å². The van der Waals surface area contributed by atoms with Gasteiger partial charge in [0, 0.05) is 20.4 Å². The molecule has 0 amide bonds. The molecule has 0 atom stereocenters. The third kappa shape index (κ3) is 2.50. The predicted octanol–water partition coefficient (Wildman–Crippen LogP) is 8.83. The Morgan fingerprint density at radius 2 is 0.939 bits per heavy atom. The van der Waals surface area contributed by atoms with Crippen molar-refractivity contribution in [3.05, 3.63) is 143 Å². The van der Waals surface area contributed by atoms with E-state index in [2.05, 4.69) is 103 Å². The minimum absolute atomic E-state index is 0.389. The Kier molecular flexibility index (Phi) is 4.15. The van der Waals surface area contributed by atoms with Gasteiger partial charge in [-0.2, -0.15) is 0 Å². The monoisotopic (exact) mass is 458 g/mol. The molecule has 33 heavy (non-hydrogen) atoms. The largest absolute Gasteiger partial charge is 0.0894 e. The molecule has 0 saturated heterocycles. The molecule has 156 valence electrons. The molecular weight excluding hydrogens is 440 g/mol. The Balaban J connectivity index is 1.72. The van der Waals surface area contributed by atoms with Crippen LogP contribution in [0.3, 0.4) is 0 Å². The van der Waals surface area contributed by atoms with Gasteiger partial charge in [-0.15, -0.1) is 0 Å². The van der Waals surface area contributed by atoms with Crippen LogP contribution in [0.25, 0.3) is 22.3 Å². The summed E-state index contributed by atoms with van der Waals surface area (Å²) in [5.41, 5.74) is 9.86. The molecule has 0 unspecified atom stereocenters. The Morgan fingerprint density at radius 3 is 1.61 bits per heavy atom. The molecule has 1 spiro atoms. The summed E-state index contributed by atoms with van der Waals surface area (Å²) in [7, 11) is 0. The van der Waals surface area contributed by atoms with Crippen LogP contribution in [0.2, 0.25) is 5.02 Å². The van der Waals surface area contributed by atoms with Crippen molar-refractivity contribution in [2.24, 2.45) is 0 Å². The summed E-state index contributed by atoms with van der Waals surface area (Å²) in [6.07, 6.45) is 0. The Bertz CT molecular complexity index is 1520. The van der Waals surface area contributed by atoms with Crippen molar-refractivity contribution < 1.29 is 0 Å². The van der Waals surface area contributed by atoms with Gasteiger partial charge in [-0.1, -0.05) is 120 Å². The lowest BCUT2D eigenvalue weighted by molar-refractivity contribution is 0.724. The molecule has 7 rings (SSSR count). The number of benzene rings is 5.